The van der Waals surface area contributed by atoms with Crippen molar-refractivity contribution in [2.75, 3.05) is 13.1 Å². The molecule has 0 bridgehead atoms. The molecule has 2 atom stereocenters. The summed E-state index contributed by atoms with van der Waals surface area (Å²) in [4.78, 5) is 15.1. The molecule has 1 saturated heterocycles. The van der Waals surface area contributed by atoms with E-state index >= 15 is 0 Å². The molecule has 25 heavy (non-hydrogen) atoms. The second-order valence-corrected chi connectivity index (χ2v) is 8.95. The van der Waals surface area contributed by atoms with E-state index in [-0.39, 0.29) is 4.90 Å². The molecule has 0 radical (unpaired) electrons. The number of nitrogens with zero attached hydrogens (tertiary/aromatic N) is 2. The Hall–Kier alpha value is -1.72. The third-order valence-corrected chi connectivity index (χ3v) is 6.89. The van der Waals surface area contributed by atoms with Crippen LogP contribution >= 0.6 is 11.3 Å². The van der Waals surface area contributed by atoms with Gasteiger partial charge in [0, 0.05) is 13.1 Å². The smallest absolute Gasteiger partial charge is 0.393 e. The number of aryl methyl sites for hydroxylation is 1. The fraction of sp³-hybridized carbons (Fsp3) is 0.429. The maximum absolute atomic E-state index is 13.1. The highest BCUT2D eigenvalue weighted by atomic mass is 32.2. The van der Waals surface area contributed by atoms with E-state index in [1.165, 1.54) is 29.5 Å². The maximum atomic E-state index is 13.1. The summed E-state index contributed by atoms with van der Waals surface area (Å²) in [5, 5.41) is 9.75. The van der Waals surface area contributed by atoms with Crippen molar-refractivity contribution in [2.24, 2.45) is 11.8 Å². The van der Waals surface area contributed by atoms with Gasteiger partial charge < -0.3 is 5.11 Å². The number of fused-ring (bicyclic) bond motifs is 1. The van der Waals surface area contributed by atoms with Crippen molar-refractivity contribution in [2.45, 2.75) is 18.0 Å². The molecule has 1 aromatic carbocycles. The van der Waals surface area contributed by atoms with Gasteiger partial charge in [-0.3, -0.25) is 4.79 Å². The minimum Gasteiger partial charge on any atom is -0.481 e. The van der Waals surface area contributed by atoms with Gasteiger partial charge in [0.25, 0.3) is 0 Å². The van der Waals surface area contributed by atoms with Gasteiger partial charge in [-0.2, -0.15) is 17.5 Å². The number of thiazole rings is 1. The Bertz CT molecular complexity index is 939. The zero-order valence-electron chi connectivity index (χ0n) is 12.8. The largest absolute Gasteiger partial charge is 0.481 e. The molecule has 1 aliphatic rings. The number of carboxylic acids is 1. The highest BCUT2D eigenvalue weighted by molar-refractivity contribution is 7.89. The molecule has 0 aliphatic carbocycles. The number of aromatic nitrogens is 1. The summed E-state index contributed by atoms with van der Waals surface area (Å²) in [5.74, 6) is -5.70. The van der Waals surface area contributed by atoms with E-state index < -0.39 is 47.1 Å². The predicted molar refractivity (Wildman–Crippen MR) is 83.8 cm³/mol. The molecule has 3 rings (SSSR count). The summed E-state index contributed by atoms with van der Waals surface area (Å²) in [6.45, 7) is 0.148. The van der Waals surface area contributed by atoms with Crippen LogP contribution in [0.3, 0.4) is 0 Å². The molecular weight excluding hydrogens is 381 g/mol. The van der Waals surface area contributed by atoms with E-state index in [9.17, 15) is 26.4 Å². The first kappa shape index (κ1) is 18.1. The summed E-state index contributed by atoms with van der Waals surface area (Å²) >= 11 is 1.27. The predicted octanol–water partition coefficient (Wildman–Crippen LogP) is 2.49. The van der Waals surface area contributed by atoms with Crippen LogP contribution < -0.4 is 0 Å². The van der Waals surface area contributed by atoms with Gasteiger partial charge in [0.1, 0.15) is 0 Å². The van der Waals surface area contributed by atoms with Crippen LogP contribution in [-0.4, -0.2) is 48.0 Å². The number of benzene rings is 1. The third kappa shape index (κ3) is 3.23. The number of hydrogen-bond donors (Lipinski definition) is 1. The molecule has 0 saturated carbocycles. The van der Waals surface area contributed by atoms with Gasteiger partial charge in [0.2, 0.25) is 10.0 Å². The van der Waals surface area contributed by atoms with Crippen molar-refractivity contribution in [3.8, 4) is 0 Å². The van der Waals surface area contributed by atoms with Gasteiger partial charge in [-0.15, -0.1) is 11.3 Å². The summed E-state index contributed by atoms with van der Waals surface area (Å²) in [6, 6.07) is 4.11. The molecule has 1 aromatic heterocycles. The first-order valence-electron chi connectivity index (χ1n) is 7.17. The molecule has 136 valence electrons. The Labute approximate surface area is 144 Å². The van der Waals surface area contributed by atoms with Crippen LogP contribution in [0.4, 0.5) is 13.2 Å². The van der Waals surface area contributed by atoms with Crippen LogP contribution in [0.5, 0.6) is 0 Å². The van der Waals surface area contributed by atoms with Crippen LogP contribution in [0.2, 0.25) is 0 Å². The number of carboxylic acid groups (broad SMARTS) is 1. The number of rotatable bonds is 3. The normalized spacial score (nSPS) is 22.6. The van der Waals surface area contributed by atoms with E-state index in [4.69, 9.17) is 5.11 Å². The Morgan fingerprint density at radius 1 is 1.36 bits per heavy atom. The Morgan fingerprint density at radius 2 is 2.04 bits per heavy atom. The molecule has 1 N–H and O–H groups in total. The van der Waals surface area contributed by atoms with Gasteiger partial charge in [-0.25, -0.2) is 13.4 Å². The number of halogens is 3. The van der Waals surface area contributed by atoms with E-state index in [2.05, 4.69) is 4.98 Å². The van der Waals surface area contributed by atoms with Crippen LogP contribution in [0.15, 0.2) is 23.1 Å². The summed E-state index contributed by atoms with van der Waals surface area (Å²) in [5.41, 5.74) is 0.597. The highest BCUT2D eigenvalue weighted by Crippen LogP contribution is 2.40. The van der Waals surface area contributed by atoms with Crippen LogP contribution in [0.25, 0.3) is 10.2 Å². The number of sulfonamides is 1. The van der Waals surface area contributed by atoms with E-state index in [1.807, 2.05) is 0 Å². The molecule has 0 amide bonds. The first-order valence-corrected chi connectivity index (χ1v) is 9.42. The number of carbonyl (C=O) groups is 1. The van der Waals surface area contributed by atoms with Crippen molar-refractivity contribution in [3.05, 3.63) is 23.2 Å². The number of alkyl halides is 3. The van der Waals surface area contributed by atoms with Crippen molar-refractivity contribution >= 4 is 37.5 Å². The SMILES string of the molecule is Cc1nc2ccc(S(=O)(=O)N3C[C@@H](C(F)(F)F)[C@H](C(=O)O)C3)cc2s1. The Balaban J connectivity index is 1.97. The van der Waals surface area contributed by atoms with Gasteiger partial charge in [-0.1, -0.05) is 0 Å². The lowest BCUT2D eigenvalue weighted by molar-refractivity contribution is -0.187. The van der Waals surface area contributed by atoms with Crippen molar-refractivity contribution in [1.82, 2.24) is 9.29 Å². The lowest BCUT2D eigenvalue weighted by Gasteiger charge is -2.18. The second-order valence-electron chi connectivity index (χ2n) is 5.78. The van der Waals surface area contributed by atoms with E-state index in [0.29, 0.717) is 14.5 Å². The number of aliphatic carboxylic acids is 1. The molecule has 1 aliphatic heterocycles. The van der Waals surface area contributed by atoms with Crippen molar-refractivity contribution < 1.29 is 31.5 Å². The Kier molecular flexibility index (Phi) is 4.28. The van der Waals surface area contributed by atoms with Crippen LogP contribution in [0.1, 0.15) is 5.01 Å². The zero-order chi connectivity index (χ0) is 18.6. The minimum absolute atomic E-state index is 0.171. The van der Waals surface area contributed by atoms with Crippen molar-refractivity contribution in [3.63, 3.8) is 0 Å². The molecule has 2 heterocycles. The molecular formula is C14H13F3N2O4S2. The molecule has 11 heteroatoms. The fourth-order valence-corrected chi connectivity index (χ4v) is 5.34. The number of hydrogen-bond acceptors (Lipinski definition) is 5. The monoisotopic (exact) mass is 394 g/mol. The second kappa shape index (κ2) is 5.92. The van der Waals surface area contributed by atoms with E-state index in [0.717, 1.165) is 5.01 Å². The minimum atomic E-state index is -4.79. The summed E-state index contributed by atoms with van der Waals surface area (Å²) in [6.07, 6.45) is -4.79. The molecule has 0 unspecified atom stereocenters. The first-order chi connectivity index (χ1) is 11.5. The molecule has 0 spiro atoms. The topological polar surface area (TPSA) is 87.6 Å². The average molecular weight is 394 g/mol. The standard InChI is InChI=1S/C14H13F3N2O4S2/c1-7-18-11-3-2-8(4-12(11)24-7)25(22,23)19-5-9(13(20)21)10(6-19)14(15,16)17/h2-4,9-10H,5-6H2,1H3,(H,20,21)/t9-,10-/m1/s1. The van der Waals surface area contributed by atoms with Crippen LogP contribution in [0, 0.1) is 18.8 Å². The quantitative estimate of drug-likeness (QED) is 0.864. The van der Waals surface area contributed by atoms with Gasteiger partial charge in [-0.05, 0) is 25.1 Å². The maximum Gasteiger partial charge on any atom is 0.393 e. The fourth-order valence-electron chi connectivity index (χ4n) is 2.88. The molecule has 2 aromatic rings. The molecule has 1 fully saturated rings. The lowest BCUT2D eigenvalue weighted by Crippen LogP contribution is -2.34. The van der Waals surface area contributed by atoms with Gasteiger partial charge in [0.15, 0.2) is 0 Å². The average Bonchev–Trinajstić information content (AvgIpc) is 3.08. The highest BCUT2D eigenvalue weighted by Gasteiger charge is 2.54. The lowest BCUT2D eigenvalue weighted by atomic mass is 9.96. The third-order valence-electron chi connectivity index (χ3n) is 4.13. The summed E-state index contributed by atoms with van der Waals surface area (Å²) < 4.78 is 65.7. The summed E-state index contributed by atoms with van der Waals surface area (Å²) in [7, 11) is -4.23. The van der Waals surface area contributed by atoms with Gasteiger partial charge >= 0.3 is 12.1 Å². The zero-order valence-corrected chi connectivity index (χ0v) is 14.5. The van der Waals surface area contributed by atoms with E-state index in [1.54, 1.807) is 6.92 Å². The van der Waals surface area contributed by atoms with Crippen LogP contribution in [-0.2, 0) is 14.8 Å². The Morgan fingerprint density at radius 3 is 2.60 bits per heavy atom. The van der Waals surface area contributed by atoms with Gasteiger partial charge in [0.05, 0.1) is 32.0 Å². The molecule has 6 nitrogen and oxygen atoms in total. The van der Waals surface area contributed by atoms with Crippen molar-refractivity contribution in [1.29, 1.82) is 0 Å².